The van der Waals surface area contributed by atoms with E-state index in [1.54, 1.807) is 19.1 Å². The summed E-state index contributed by atoms with van der Waals surface area (Å²) in [5, 5.41) is 16.4. The van der Waals surface area contributed by atoms with Gasteiger partial charge in [-0.05, 0) is 56.0 Å². The van der Waals surface area contributed by atoms with E-state index < -0.39 is 22.6 Å². The van der Waals surface area contributed by atoms with Crippen LogP contribution in [0.15, 0.2) is 42.1 Å². The van der Waals surface area contributed by atoms with Gasteiger partial charge in [0.25, 0.3) is 0 Å². The van der Waals surface area contributed by atoms with Crippen molar-refractivity contribution in [1.82, 2.24) is 28.6 Å². The van der Waals surface area contributed by atoms with Crippen molar-refractivity contribution in [1.29, 1.82) is 5.26 Å². The van der Waals surface area contributed by atoms with E-state index in [0.29, 0.717) is 54.5 Å². The van der Waals surface area contributed by atoms with E-state index in [-0.39, 0.29) is 10.9 Å². The molecule has 2 saturated heterocycles. The maximum absolute atomic E-state index is 12.9. The molecule has 0 spiro atoms. The second kappa shape index (κ2) is 14.1. The first-order valence-electron chi connectivity index (χ1n) is 16.1. The molecule has 0 radical (unpaired) electrons. The first kappa shape index (κ1) is 34.3. The number of halogens is 3. The molecule has 0 bridgehead atoms. The fourth-order valence-electron chi connectivity index (χ4n) is 6.71. The Balaban J connectivity index is 1.06. The number of piperazine rings is 1. The molecule has 2 aliphatic rings. The molecule has 0 aliphatic carbocycles. The van der Waals surface area contributed by atoms with Crippen molar-refractivity contribution >= 4 is 48.3 Å². The van der Waals surface area contributed by atoms with Crippen molar-refractivity contribution in [2.45, 2.75) is 58.4 Å². The predicted octanol–water partition coefficient (Wildman–Crippen LogP) is 5.49. The van der Waals surface area contributed by atoms with Crippen LogP contribution in [-0.2, 0) is 29.5 Å². The predicted molar refractivity (Wildman–Crippen MR) is 182 cm³/mol. The highest BCUT2D eigenvalue weighted by Crippen LogP contribution is 2.33. The number of nitrogens with zero attached hydrogens (tertiary/aromatic N) is 7. The summed E-state index contributed by atoms with van der Waals surface area (Å²) in [7, 11) is -3.36. The van der Waals surface area contributed by atoms with Crippen molar-refractivity contribution in [3.63, 3.8) is 0 Å². The lowest BCUT2D eigenvalue weighted by Gasteiger charge is -2.33. The van der Waals surface area contributed by atoms with Gasteiger partial charge in [-0.3, -0.25) is 9.80 Å². The number of likely N-dealkylation sites (tertiary alicyclic amines) is 1. The Bertz CT molecular complexity index is 1950. The number of aryl methyl sites for hydroxylation is 1. The highest BCUT2D eigenvalue weighted by atomic mass is 32.2. The number of nitriles is 1. The number of nitrogens with one attached hydrogen (secondary N) is 1. The highest BCUT2D eigenvalue weighted by molar-refractivity contribution is 7.92. The van der Waals surface area contributed by atoms with Gasteiger partial charge >= 0.3 is 6.18 Å². The normalized spacial score (nSPS) is 17.9. The lowest BCUT2D eigenvalue weighted by atomic mass is 10.0. The van der Waals surface area contributed by atoms with Gasteiger partial charge < -0.3 is 9.88 Å². The first-order valence-corrected chi connectivity index (χ1v) is 18.4. The van der Waals surface area contributed by atoms with Crippen molar-refractivity contribution in [3.8, 4) is 6.07 Å². The summed E-state index contributed by atoms with van der Waals surface area (Å²) in [6.45, 7) is 9.87. The lowest BCUT2D eigenvalue weighted by Crippen LogP contribution is -2.48. The minimum absolute atomic E-state index is 0.154. The minimum atomic E-state index is -4.27. The Morgan fingerprint density at radius 3 is 2.48 bits per heavy atom. The number of sulfonamides is 1. The first-order chi connectivity index (χ1) is 22.9. The molecule has 2 fully saturated rings. The van der Waals surface area contributed by atoms with Gasteiger partial charge in [-0.1, -0.05) is 12.1 Å². The highest BCUT2D eigenvalue weighted by Gasteiger charge is 2.30. The number of fused-ring (bicyclic) bond motifs is 2. The van der Waals surface area contributed by atoms with E-state index in [9.17, 15) is 26.9 Å². The van der Waals surface area contributed by atoms with Crippen molar-refractivity contribution in [2.75, 3.05) is 51.1 Å². The zero-order valence-electron chi connectivity index (χ0n) is 27.0. The molecular formula is C33H39F3N8O2S2. The fourth-order valence-corrected chi connectivity index (χ4v) is 8.92. The Hall–Kier alpha value is -3.55. The Kier molecular flexibility index (Phi) is 10.1. The number of rotatable bonds is 10. The Morgan fingerprint density at radius 2 is 1.79 bits per heavy atom. The average molecular weight is 701 g/mol. The van der Waals surface area contributed by atoms with Gasteiger partial charge in [0.2, 0.25) is 10.0 Å². The van der Waals surface area contributed by atoms with Gasteiger partial charge in [0.1, 0.15) is 28.7 Å². The largest absolute Gasteiger partial charge is 0.393 e. The van der Waals surface area contributed by atoms with E-state index in [1.807, 2.05) is 6.07 Å². The summed E-state index contributed by atoms with van der Waals surface area (Å²) in [5.41, 5.74) is 4.00. The number of allylic oxidation sites excluding steroid dienone is 1. The van der Waals surface area contributed by atoms with Crippen LogP contribution in [0.25, 0.3) is 21.1 Å². The monoisotopic (exact) mass is 700 g/mol. The molecule has 0 atom stereocenters. The number of benzene rings is 1. The molecule has 0 amide bonds. The second-order valence-corrected chi connectivity index (χ2v) is 15.4. The zero-order chi connectivity index (χ0) is 34.1. The van der Waals surface area contributed by atoms with E-state index in [0.717, 1.165) is 66.8 Å². The Labute approximate surface area is 282 Å². The smallest absolute Gasteiger partial charge is 0.367 e. The number of alkyl halides is 3. The number of piperidine rings is 1. The topological polar surface area (TPSA) is 110 Å². The molecule has 15 heteroatoms. The number of hydrogen-bond donors (Lipinski definition) is 1. The van der Waals surface area contributed by atoms with Crippen molar-refractivity contribution in [2.24, 2.45) is 0 Å². The molecule has 3 aromatic heterocycles. The van der Waals surface area contributed by atoms with Crippen LogP contribution in [0.2, 0.25) is 0 Å². The molecule has 1 aromatic carbocycles. The van der Waals surface area contributed by atoms with E-state index in [2.05, 4.69) is 54.8 Å². The maximum Gasteiger partial charge on any atom is 0.393 e. The van der Waals surface area contributed by atoms with Crippen LogP contribution < -0.4 is 5.32 Å². The number of aromatic nitrogens is 3. The van der Waals surface area contributed by atoms with E-state index >= 15 is 0 Å². The average Bonchev–Trinajstić information content (AvgIpc) is 3.63. The van der Waals surface area contributed by atoms with Gasteiger partial charge in [0.05, 0.1) is 11.8 Å². The van der Waals surface area contributed by atoms with Gasteiger partial charge in [0.15, 0.2) is 0 Å². The van der Waals surface area contributed by atoms with Gasteiger partial charge in [-0.25, -0.2) is 18.4 Å². The summed E-state index contributed by atoms with van der Waals surface area (Å²) in [5.74, 6) is 0.585. The van der Waals surface area contributed by atoms with Gasteiger partial charge in [0, 0.05) is 86.1 Å². The maximum atomic E-state index is 12.9. The summed E-state index contributed by atoms with van der Waals surface area (Å²) in [6, 6.07) is 10.3. The van der Waals surface area contributed by atoms with Crippen LogP contribution in [-0.4, -0.2) is 95.1 Å². The second-order valence-electron chi connectivity index (χ2n) is 12.5. The molecule has 6 rings (SSSR count). The van der Waals surface area contributed by atoms with Crippen LogP contribution in [0.1, 0.15) is 41.5 Å². The summed E-state index contributed by atoms with van der Waals surface area (Å²) in [4.78, 5) is 14.0. The van der Waals surface area contributed by atoms with Gasteiger partial charge in [-0.15, -0.1) is 11.3 Å². The molecular weight excluding hydrogens is 662 g/mol. The zero-order valence-corrected chi connectivity index (χ0v) is 28.6. The molecule has 0 unspecified atom stereocenters. The molecule has 1 N–H and O–H groups in total. The Morgan fingerprint density at radius 1 is 1.04 bits per heavy atom. The van der Waals surface area contributed by atoms with Crippen molar-refractivity contribution < 1.29 is 21.6 Å². The van der Waals surface area contributed by atoms with E-state index in [4.69, 9.17) is 0 Å². The fraction of sp³-hybridized carbons (Fsp3) is 0.485. The van der Waals surface area contributed by atoms with Crippen LogP contribution in [0, 0.1) is 18.3 Å². The van der Waals surface area contributed by atoms with E-state index in [1.165, 1.54) is 21.6 Å². The molecule has 0 saturated carbocycles. The lowest BCUT2D eigenvalue weighted by molar-refractivity contribution is -0.126. The molecule has 4 aromatic rings. The third-order valence-electron chi connectivity index (χ3n) is 9.30. The summed E-state index contributed by atoms with van der Waals surface area (Å²) < 4.78 is 67.1. The summed E-state index contributed by atoms with van der Waals surface area (Å²) >= 11 is 1.06. The van der Waals surface area contributed by atoms with Crippen LogP contribution in [0.5, 0.6) is 0 Å². The standard InChI is InChI=1S/C33H39F3N8O2S2/c1-3-16-48(45,46)43-13-10-41(11-14-43)12-15-44-26(20-37)17-28-23(2)24(4-5-30(28)44)21-42-8-6-25(7-9-42)40-31-29-18-27(19-33(34,35)36)47-32(29)39-22-38-31/h3-5,16-18,22,25H,6-15,19,21H2,1-2H3,(H,38,39,40)/b16-3+. The SMILES string of the molecule is C/C=C/S(=O)(=O)N1CCN(CCn2c(C#N)cc3c(C)c(CN4CCC(Nc5ncnc6sc(CC(F)(F)F)cc56)CC4)ccc32)CC1. The van der Waals surface area contributed by atoms with Crippen molar-refractivity contribution in [3.05, 3.63) is 63.8 Å². The molecule has 5 heterocycles. The third kappa shape index (κ3) is 7.68. The minimum Gasteiger partial charge on any atom is -0.367 e. The molecule has 10 nitrogen and oxygen atoms in total. The number of hydrogen-bond acceptors (Lipinski definition) is 9. The molecule has 48 heavy (non-hydrogen) atoms. The van der Waals surface area contributed by atoms with Crippen LogP contribution in [0.3, 0.4) is 0 Å². The summed E-state index contributed by atoms with van der Waals surface area (Å²) in [6.07, 6.45) is -0.540. The number of anilines is 1. The molecule has 2 aliphatic heterocycles. The van der Waals surface area contributed by atoms with Crippen LogP contribution >= 0.6 is 11.3 Å². The number of thiophene rings is 1. The van der Waals surface area contributed by atoms with Gasteiger partial charge in [-0.2, -0.15) is 22.7 Å². The quantitative estimate of drug-likeness (QED) is 0.232. The molecule has 256 valence electrons. The third-order valence-corrected chi connectivity index (χ3v) is 12.0. The van der Waals surface area contributed by atoms with Crippen LogP contribution in [0.4, 0.5) is 19.0 Å².